The lowest BCUT2D eigenvalue weighted by atomic mass is 10.1. The third-order valence-corrected chi connectivity index (χ3v) is 4.72. The second-order valence-electron chi connectivity index (χ2n) is 3.97. The molecular weight excluding hydrogens is 234 g/mol. The van der Waals surface area contributed by atoms with Gasteiger partial charge in [0.25, 0.3) is 0 Å². The quantitative estimate of drug-likeness (QED) is 0.865. The molecule has 2 N–H and O–H groups in total. The predicted octanol–water partition coefficient (Wildman–Crippen LogP) is 3.48. The molecule has 0 amide bonds. The summed E-state index contributed by atoms with van der Waals surface area (Å²) < 4.78 is 0. The van der Waals surface area contributed by atoms with E-state index in [9.17, 15) is 0 Å². The van der Waals surface area contributed by atoms with Gasteiger partial charge in [-0.1, -0.05) is 13.0 Å². The molecule has 2 heterocycles. The maximum atomic E-state index is 6.16. The van der Waals surface area contributed by atoms with Crippen molar-refractivity contribution in [3.05, 3.63) is 44.3 Å². The van der Waals surface area contributed by atoms with Gasteiger partial charge in [0, 0.05) is 20.7 Å². The Bertz CT molecular complexity index is 417. The minimum atomic E-state index is 0.252. The lowest BCUT2D eigenvalue weighted by molar-refractivity contribution is 0.677. The Morgan fingerprint density at radius 2 is 1.88 bits per heavy atom. The molecule has 0 aliphatic heterocycles. The Morgan fingerprint density at radius 1 is 1.12 bits per heavy atom. The number of thiophene rings is 2. The van der Waals surface area contributed by atoms with E-state index in [2.05, 4.69) is 36.6 Å². The highest BCUT2D eigenvalue weighted by molar-refractivity contribution is 7.12. The average Bonchev–Trinajstić information content (AvgIpc) is 2.89. The average molecular weight is 251 g/mol. The lowest BCUT2D eigenvalue weighted by Gasteiger charge is -2.08. The molecular formula is C13H17NS2. The molecule has 0 saturated heterocycles. The monoisotopic (exact) mass is 251 g/mol. The van der Waals surface area contributed by atoms with Crippen molar-refractivity contribution in [1.29, 1.82) is 0 Å². The van der Waals surface area contributed by atoms with E-state index < -0.39 is 0 Å². The minimum Gasteiger partial charge on any atom is -0.327 e. The molecule has 1 atom stereocenters. The molecule has 1 nitrogen and oxygen atoms in total. The van der Waals surface area contributed by atoms with Crippen LogP contribution < -0.4 is 5.73 Å². The van der Waals surface area contributed by atoms with Gasteiger partial charge in [0.05, 0.1) is 0 Å². The van der Waals surface area contributed by atoms with Crippen molar-refractivity contribution in [2.75, 3.05) is 0 Å². The van der Waals surface area contributed by atoms with E-state index in [-0.39, 0.29) is 6.04 Å². The van der Waals surface area contributed by atoms with Crippen molar-refractivity contribution in [1.82, 2.24) is 0 Å². The molecule has 0 spiro atoms. The molecule has 2 rings (SSSR count). The van der Waals surface area contributed by atoms with E-state index in [4.69, 9.17) is 5.73 Å². The first-order chi connectivity index (χ1) is 7.78. The Labute approximate surface area is 105 Å². The van der Waals surface area contributed by atoms with Crippen molar-refractivity contribution >= 4 is 22.7 Å². The summed E-state index contributed by atoms with van der Waals surface area (Å²) in [7, 11) is 0. The molecule has 0 bridgehead atoms. The van der Waals surface area contributed by atoms with Crippen LogP contribution in [0.4, 0.5) is 0 Å². The standard InChI is InChI=1S/C13H17NS2/c1-2-11-5-6-13(16-11)9-10(14)8-12-4-3-7-15-12/h3-7,10H,2,8-9,14H2,1H3. The molecule has 86 valence electrons. The predicted molar refractivity (Wildman–Crippen MR) is 73.4 cm³/mol. The Hall–Kier alpha value is -0.640. The van der Waals surface area contributed by atoms with Crippen LogP contribution in [0.2, 0.25) is 0 Å². The maximum absolute atomic E-state index is 6.16. The first-order valence-corrected chi connectivity index (χ1v) is 7.33. The highest BCUT2D eigenvalue weighted by Crippen LogP contribution is 2.19. The van der Waals surface area contributed by atoms with Gasteiger partial charge < -0.3 is 5.73 Å². The lowest BCUT2D eigenvalue weighted by Crippen LogP contribution is -2.24. The zero-order chi connectivity index (χ0) is 11.4. The highest BCUT2D eigenvalue weighted by Gasteiger charge is 2.07. The van der Waals surface area contributed by atoms with Crippen molar-refractivity contribution in [3.8, 4) is 0 Å². The molecule has 0 aliphatic rings. The van der Waals surface area contributed by atoms with Crippen LogP contribution in [0, 0.1) is 0 Å². The van der Waals surface area contributed by atoms with Crippen molar-refractivity contribution in [2.45, 2.75) is 32.2 Å². The number of aryl methyl sites for hydroxylation is 1. The SMILES string of the molecule is CCc1ccc(CC(N)Cc2cccs2)s1. The fourth-order valence-electron chi connectivity index (χ4n) is 1.74. The van der Waals surface area contributed by atoms with Crippen LogP contribution in [-0.4, -0.2) is 6.04 Å². The van der Waals surface area contributed by atoms with Gasteiger partial charge in [-0.3, -0.25) is 0 Å². The molecule has 0 aromatic carbocycles. The van der Waals surface area contributed by atoms with Crippen molar-refractivity contribution in [2.24, 2.45) is 5.73 Å². The van der Waals surface area contributed by atoms with Crippen molar-refractivity contribution < 1.29 is 0 Å². The first kappa shape index (κ1) is 11.8. The van der Waals surface area contributed by atoms with Gasteiger partial charge >= 0.3 is 0 Å². The second kappa shape index (κ2) is 5.62. The van der Waals surface area contributed by atoms with Gasteiger partial charge in [0.2, 0.25) is 0 Å². The zero-order valence-corrected chi connectivity index (χ0v) is 11.1. The number of hydrogen-bond acceptors (Lipinski definition) is 3. The van der Waals surface area contributed by atoms with Gasteiger partial charge in [-0.15, -0.1) is 22.7 Å². The van der Waals surface area contributed by atoms with E-state index >= 15 is 0 Å². The van der Waals surface area contributed by atoms with Gasteiger partial charge in [0.15, 0.2) is 0 Å². The van der Waals surface area contributed by atoms with Crippen LogP contribution in [0.1, 0.15) is 21.6 Å². The van der Waals surface area contributed by atoms with Crippen LogP contribution in [-0.2, 0) is 19.3 Å². The fraction of sp³-hybridized carbons (Fsp3) is 0.385. The largest absolute Gasteiger partial charge is 0.327 e. The normalized spacial score (nSPS) is 12.9. The Morgan fingerprint density at radius 3 is 2.50 bits per heavy atom. The summed E-state index contributed by atoms with van der Waals surface area (Å²) in [5.41, 5.74) is 6.16. The minimum absolute atomic E-state index is 0.252. The smallest absolute Gasteiger partial charge is 0.0136 e. The Balaban J connectivity index is 1.89. The van der Waals surface area contributed by atoms with Gasteiger partial charge in [-0.05, 0) is 42.8 Å². The number of hydrogen-bond donors (Lipinski definition) is 1. The van der Waals surface area contributed by atoms with Crippen LogP contribution in [0.25, 0.3) is 0 Å². The van der Waals surface area contributed by atoms with Crippen LogP contribution in [0.5, 0.6) is 0 Å². The molecule has 0 aliphatic carbocycles. The highest BCUT2D eigenvalue weighted by atomic mass is 32.1. The fourth-order valence-corrected chi connectivity index (χ4v) is 3.59. The summed E-state index contributed by atoms with van der Waals surface area (Å²) in [4.78, 5) is 4.26. The number of nitrogens with two attached hydrogens (primary N) is 1. The molecule has 2 aromatic rings. The van der Waals surface area contributed by atoms with Crippen molar-refractivity contribution in [3.63, 3.8) is 0 Å². The summed E-state index contributed by atoms with van der Waals surface area (Å²) in [6.45, 7) is 2.20. The van der Waals surface area contributed by atoms with E-state index in [1.165, 1.54) is 14.6 Å². The summed E-state index contributed by atoms with van der Waals surface area (Å²) in [5, 5.41) is 2.11. The van der Waals surface area contributed by atoms with Crippen LogP contribution in [0.15, 0.2) is 29.6 Å². The topological polar surface area (TPSA) is 26.0 Å². The summed E-state index contributed by atoms with van der Waals surface area (Å²) in [6, 6.07) is 8.95. The van der Waals surface area contributed by atoms with Crippen LogP contribution in [0.3, 0.4) is 0 Å². The van der Waals surface area contributed by atoms with Gasteiger partial charge in [-0.25, -0.2) is 0 Å². The molecule has 3 heteroatoms. The number of rotatable bonds is 5. The third-order valence-electron chi connectivity index (χ3n) is 2.57. The molecule has 1 unspecified atom stereocenters. The Kier molecular flexibility index (Phi) is 4.16. The second-order valence-corrected chi connectivity index (χ2v) is 6.25. The van der Waals surface area contributed by atoms with Crippen LogP contribution >= 0.6 is 22.7 Å². The van der Waals surface area contributed by atoms with Gasteiger partial charge in [-0.2, -0.15) is 0 Å². The molecule has 0 saturated carbocycles. The van der Waals surface area contributed by atoms with E-state index in [1.54, 1.807) is 11.3 Å². The summed E-state index contributed by atoms with van der Waals surface area (Å²) in [6.07, 6.45) is 3.13. The first-order valence-electron chi connectivity index (χ1n) is 5.63. The summed E-state index contributed by atoms with van der Waals surface area (Å²) >= 11 is 3.69. The van der Waals surface area contributed by atoms with Gasteiger partial charge in [0.1, 0.15) is 0 Å². The van der Waals surface area contributed by atoms with E-state index in [0.29, 0.717) is 0 Å². The maximum Gasteiger partial charge on any atom is 0.0136 e. The van der Waals surface area contributed by atoms with E-state index in [1.807, 2.05) is 11.3 Å². The molecule has 2 aromatic heterocycles. The van der Waals surface area contributed by atoms with E-state index in [0.717, 1.165) is 19.3 Å². The summed E-state index contributed by atoms with van der Waals surface area (Å²) in [5.74, 6) is 0. The third kappa shape index (κ3) is 3.17. The molecule has 16 heavy (non-hydrogen) atoms. The zero-order valence-electron chi connectivity index (χ0n) is 9.48. The molecule has 0 radical (unpaired) electrons. The molecule has 0 fully saturated rings.